The summed E-state index contributed by atoms with van der Waals surface area (Å²) in [5.41, 5.74) is 0.885. The number of halogens is 1. The van der Waals surface area contributed by atoms with E-state index in [2.05, 4.69) is 10.6 Å². The number of benzene rings is 1. The van der Waals surface area contributed by atoms with Crippen LogP contribution in [0, 0.1) is 0 Å². The zero-order valence-corrected chi connectivity index (χ0v) is 11.2. The van der Waals surface area contributed by atoms with E-state index >= 15 is 0 Å². The Hall–Kier alpha value is -1.06. The standard InChI is InChI=1S/C14H19ClN2O/c15-13-6-2-1-4-11(13)10-14(18)17-9-7-12-5-3-8-16-12/h1-2,4,6,12,16H,3,5,7-10H2,(H,17,18). The van der Waals surface area contributed by atoms with Crippen LogP contribution in [0.5, 0.6) is 0 Å². The highest BCUT2D eigenvalue weighted by Crippen LogP contribution is 2.15. The van der Waals surface area contributed by atoms with E-state index in [1.54, 1.807) is 0 Å². The number of carbonyl (C=O) groups excluding carboxylic acids is 1. The fourth-order valence-corrected chi connectivity index (χ4v) is 2.47. The lowest BCUT2D eigenvalue weighted by atomic mass is 10.1. The van der Waals surface area contributed by atoms with Crippen LogP contribution >= 0.6 is 11.6 Å². The molecule has 2 N–H and O–H groups in total. The Balaban J connectivity index is 1.70. The van der Waals surface area contributed by atoms with Gasteiger partial charge in [0.1, 0.15) is 0 Å². The van der Waals surface area contributed by atoms with Gasteiger partial charge in [-0.1, -0.05) is 29.8 Å². The van der Waals surface area contributed by atoms with Gasteiger partial charge in [-0.25, -0.2) is 0 Å². The molecule has 2 rings (SSSR count). The van der Waals surface area contributed by atoms with Gasteiger partial charge in [-0.2, -0.15) is 0 Å². The van der Waals surface area contributed by atoms with Crippen molar-refractivity contribution < 1.29 is 4.79 Å². The molecule has 1 heterocycles. The number of rotatable bonds is 5. The highest BCUT2D eigenvalue weighted by molar-refractivity contribution is 6.31. The summed E-state index contributed by atoms with van der Waals surface area (Å²) in [4.78, 5) is 11.7. The maximum absolute atomic E-state index is 11.7. The third-order valence-electron chi connectivity index (χ3n) is 3.29. The van der Waals surface area contributed by atoms with Crippen molar-refractivity contribution in [1.29, 1.82) is 0 Å². The van der Waals surface area contributed by atoms with E-state index in [1.165, 1.54) is 12.8 Å². The van der Waals surface area contributed by atoms with Crippen molar-refractivity contribution in [3.63, 3.8) is 0 Å². The summed E-state index contributed by atoms with van der Waals surface area (Å²) < 4.78 is 0. The number of hydrogen-bond acceptors (Lipinski definition) is 2. The largest absolute Gasteiger partial charge is 0.356 e. The minimum Gasteiger partial charge on any atom is -0.356 e. The predicted molar refractivity (Wildman–Crippen MR) is 73.8 cm³/mol. The minimum absolute atomic E-state index is 0.0427. The molecule has 1 aromatic carbocycles. The molecule has 1 saturated heterocycles. The van der Waals surface area contributed by atoms with Crippen molar-refractivity contribution in [2.45, 2.75) is 31.7 Å². The van der Waals surface area contributed by atoms with Crippen LogP contribution in [-0.2, 0) is 11.2 Å². The van der Waals surface area contributed by atoms with Crippen LogP contribution in [-0.4, -0.2) is 25.0 Å². The fourth-order valence-electron chi connectivity index (χ4n) is 2.27. The van der Waals surface area contributed by atoms with Gasteiger partial charge in [-0.3, -0.25) is 4.79 Å². The van der Waals surface area contributed by atoms with E-state index in [4.69, 9.17) is 11.6 Å². The molecule has 1 fully saturated rings. The van der Waals surface area contributed by atoms with E-state index in [1.807, 2.05) is 24.3 Å². The van der Waals surface area contributed by atoms with Gasteiger partial charge in [0.2, 0.25) is 5.91 Å². The van der Waals surface area contributed by atoms with Gasteiger partial charge in [0, 0.05) is 17.6 Å². The Labute approximate surface area is 113 Å². The molecule has 0 radical (unpaired) electrons. The van der Waals surface area contributed by atoms with Gasteiger partial charge in [0.05, 0.1) is 6.42 Å². The van der Waals surface area contributed by atoms with Gasteiger partial charge in [0.15, 0.2) is 0 Å². The summed E-state index contributed by atoms with van der Waals surface area (Å²) >= 11 is 6.02. The Kier molecular flexibility index (Phi) is 5.02. The van der Waals surface area contributed by atoms with Gasteiger partial charge < -0.3 is 10.6 Å². The first kappa shape index (κ1) is 13.4. The molecule has 0 bridgehead atoms. The van der Waals surface area contributed by atoms with Crippen LogP contribution in [0.3, 0.4) is 0 Å². The summed E-state index contributed by atoms with van der Waals surface area (Å²) in [6, 6.07) is 8.05. The first-order valence-electron chi connectivity index (χ1n) is 6.49. The number of carbonyl (C=O) groups is 1. The Bertz CT molecular complexity index is 403. The number of hydrogen-bond donors (Lipinski definition) is 2. The molecule has 1 aliphatic heterocycles. The molecule has 0 aromatic heterocycles. The van der Waals surface area contributed by atoms with E-state index < -0.39 is 0 Å². The third-order valence-corrected chi connectivity index (χ3v) is 3.65. The molecule has 1 amide bonds. The SMILES string of the molecule is O=C(Cc1ccccc1Cl)NCCC1CCCN1. The first-order valence-corrected chi connectivity index (χ1v) is 6.87. The predicted octanol–water partition coefficient (Wildman–Crippen LogP) is 2.14. The quantitative estimate of drug-likeness (QED) is 0.857. The van der Waals surface area contributed by atoms with Crippen molar-refractivity contribution in [2.24, 2.45) is 0 Å². The highest BCUT2D eigenvalue weighted by Gasteiger charge is 2.13. The van der Waals surface area contributed by atoms with Gasteiger partial charge in [0.25, 0.3) is 0 Å². The monoisotopic (exact) mass is 266 g/mol. The first-order chi connectivity index (χ1) is 8.75. The second kappa shape index (κ2) is 6.76. The second-order valence-electron chi connectivity index (χ2n) is 4.70. The van der Waals surface area contributed by atoms with Crippen molar-refractivity contribution in [2.75, 3.05) is 13.1 Å². The summed E-state index contributed by atoms with van der Waals surface area (Å²) in [6.07, 6.45) is 3.84. The van der Waals surface area contributed by atoms with E-state index in [9.17, 15) is 4.79 Å². The Morgan fingerprint density at radius 1 is 1.44 bits per heavy atom. The van der Waals surface area contributed by atoms with Crippen molar-refractivity contribution >= 4 is 17.5 Å². The normalized spacial score (nSPS) is 18.8. The average molecular weight is 267 g/mol. The van der Waals surface area contributed by atoms with Gasteiger partial charge in [-0.05, 0) is 37.4 Å². The molecule has 1 unspecified atom stereocenters. The molecule has 18 heavy (non-hydrogen) atoms. The molecular weight excluding hydrogens is 248 g/mol. The van der Waals surface area contributed by atoms with Gasteiger partial charge in [-0.15, -0.1) is 0 Å². The van der Waals surface area contributed by atoms with Crippen molar-refractivity contribution in [1.82, 2.24) is 10.6 Å². The maximum Gasteiger partial charge on any atom is 0.224 e. The van der Waals surface area contributed by atoms with E-state index in [0.717, 1.165) is 25.1 Å². The zero-order chi connectivity index (χ0) is 12.8. The molecule has 1 atom stereocenters. The minimum atomic E-state index is 0.0427. The molecule has 0 saturated carbocycles. The van der Waals surface area contributed by atoms with Crippen LogP contribution < -0.4 is 10.6 Å². The van der Waals surface area contributed by atoms with Crippen LogP contribution in [0.2, 0.25) is 5.02 Å². The smallest absolute Gasteiger partial charge is 0.224 e. The lowest BCUT2D eigenvalue weighted by Crippen LogP contribution is -2.31. The number of nitrogens with one attached hydrogen (secondary N) is 2. The lowest BCUT2D eigenvalue weighted by Gasteiger charge is -2.11. The van der Waals surface area contributed by atoms with Crippen molar-refractivity contribution in [3.05, 3.63) is 34.9 Å². The maximum atomic E-state index is 11.7. The molecule has 3 nitrogen and oxygen atoms in total. The van der Waals surface area contributed by atoms with E-state index in [-0.39, 0.29) is 5.91 Å². The Morgan fingerprint density at radius 2 is 2.28 bits per heavy atom. The highest BCUT2D eigenvalue weighted by atomic mass is 35.5. The summed E-state index contributed by atoms with van der Waals surface area (Å²) in [5.74, 6) is 0.0427. The number of amides is 1. The van der Waals surface area contributed by atoms with Crippen LogP contribution in [0.1, 0.15) is 24.8 Å². The van der Waals surface area contributed by atoms with Crippen LogP contribution in [0.4, 0.5) is 0 Å². The molecule has 1 aliphatic rings. The summed E-state index contributed by atoms with van der Waals surface area (Å²) in [5, 5.41) is 7.02. The lowest BCUT2D eigenvalue weighted by molar-refractivity contribution is -0.120. The zero-order valence-electron chi connectivity index (χ0n) is 10.4. The van der Waals surface area contributed by atoms with Crippen LogP contribution in [0.25, 0.3) is 0 Å². The fraction of sp³-hybridized carbons (Fsp3) is 0.500. The average Bonchev–Trinajstić information content (AvgIpc) is 2.85. The third kappa shape index (κ3) is 4.00. The van der Waals surface area contributed by atoms with Gasteiger partial charge >= 0.3 is 0 Å². The van der Waals surface area contributed by atoms with Crippen LogP contribution in [0.15, 0.2) is 24.3 Å². The molecule has 4 heteroatoms. The Morgan fingerprint density at radius 3 is 3.00 bits per heavy atom. The van der Waals surface area contributed by atoms with Crippen molar-refractivity contribution in [3.8, 4) is 0 Å². The molecule has 1 aromatic rings. The molecule has 0 spiro atoms. The molecular formula is C14H19ClN2O. The van der Waals surface area contributed by atoms with E-state index in [0.29, 0.717) is 17.5 Å². The molecule has 0 aliphatic carbocycles. The second-order valence-corrected chi connectivity index (χ2v) is 5.11. The summed E-state index contributed by atoms with van der Waals surface area (Å²) in [6.45, 7) is 1.85. The summed E-state index contributed by atoms with van der Waals surface area (Å²) in [7, 11) is 0. The molecule has 98 valence electrons. The topological polar surface area (TPSA) is 41.1 Å².